The van der Waals surface area contributed by atoms with Crippen LogP contribution in [-0.2, 0) is 14.6 Å². The van der Waals surface area contributed by atoms with Gasteiger partial charge in [-0.2, -0.15) is 0 Å². The molecule has 0 bridgehead atoms. The number of para-hydroxylation sites is 1. The summed E-state index contributed by atoms with van der Waals surface area (Å²) >= 11 is 3.09. The van der Waals surface area contributed by atoms with Gasteiger partial charge in [0.1, 0.15) is 5.52 Å². The van der Waals surface area contributed by atoms with Gasteiger partial charge < -0.3 is 4.74 Å². The number of thioether (sulfide) groups is 1. The number of carbonyl (C=O) groups is 1. The van der Waals surface area contributed by atoms with Crippen LogP contribution in [0.4, 0.5) is 5.13 Å². The number of nitrogens with zero attached hydrogens (tertiary/aromatic N) is 3. The quantitative estimate of drug-likeness (QED) is 0.413. The van der Waals surface area contributed by atoms with Crippen LogP contribution in [0.15, 0.2) is 52.3 Å². The minimum absolute atomic E-state index is 0.144. The van der Waals surface area contributed by atoms with Crippen molar-refractivity contribution in [2.45, 2.75) is 28.9 Å². The Kier molecular flexibility index (Phi) is 7.94. The third kappa shape index (κ3) is 5.98. The number of amides is 1. The molecule has 1 aromatic heterocycles. The number of thiazole rings is 1. The smallest absolute Gasteiger partial charge is 0.260 e. The average Bonchev–Trinajstić information content (AvgIpc) is 3.23. The first-order valence-corrected chi connectivity index (χ1v) is 14.8. The van der Waals surface area contributed by atoms with Gasteiger partial charge in [0.05, 0.1) is 22.8 Å². The molecule has 1 amide bonds. The number of ether oxygens (including phenoxy) is 1. The van der Waals surface area contributed by atoms with Gasteiger partial charge in [-0.25, -0.2) is 13.4 Å². The molecule has 0 spiro atoms. The highest BCUT2D eigenvalue weighted by Crippen LogP contribution is 2.33. The van der Waals surface area contributed by atoms with E-state index in [4.69, 9.17) is 4.74 Å². The van der Waals surface area contributed by atoms with Crippen LogP contribution in [0.3, 0.4) is 0 Å². The van der Waals surface area contributed by atoms with E-state index in [2.05, 4.69) is 23.7 Å². The molecule has 0 radical (unpaired) electrons. The number of morpholine rings is 1. The van der Waals surface area contributed by atoms with E-state index < -0.39 is 9.84 Å². The number of hydrogen-bond acceptors (Lipinski definition) is 8. The molecule has 4 rings (SSSR count). The maximum atomic E-state index is 13.6. The van der Waals surface area contributed by atoms with Crippen LogP contribution in [0.25, 0.3) is 10.2 Å². The molecule has 3 aromatic rings. The van der Waals surface area contributed by atoms with Crippen LogP contribution in [0.1, 0.15) is 24.2 Å². The molecule has 1 aliphatic rings. The Morgan fingerprint density at radius 3 is 2.53 bits per heavy atom. The molecule has 2 heterocycles. The Morgan fingerprint density at radius 1 is 1.18 bits per heavy atom. The van der Waals surface area contributed by atoms with E-state index in [0.29, 0.717) is 47.8 Å². The van der Waals surface area contributed by atoms with Crippen LogP contribution >= 0.6 is 23.1 Å². The van der Waals surface area contributed by atoms with E-state index in [1.54, 1.807) is 28.8 Å². The summed E-state index contributed by atoms with van der Waals surface area (Å²) in [6.45, 7) is 8.41. The topological polar surface area (TPSA) is 79.8 Å². The average molecular weight is 520 g/mol. The Morgan fingerprint density at radius 2 is 1.88 bits per heavy atom. The Labute approximate surface area is 209 Å². The lowest BCUT2D eigenvalue weighted by Crippen LogP contribution is -2.43. The monoisotopic (exact) mass is 519 g/mol. The van der Waals surface area contributed by atoms with Gasteiger partial charge >= 0.3 is 0 Å². The van der Waals surface area contributed by atoms with Gasteiger partial charge in [0.2, 0.25) is 0 Å². The molecule has 0 N–H and O–H groups in total. The minimum Gasteiger partial charge on any atom is -0.379 e. The van der Waals surface area contributed by atoms with E-state index in [1.807, 2.05) is 30.3 Å². The molecule has 0 aliphatic carbocycles. The largest absolute Gasteiger partial charge is 0.379 e. The zero-order valence-electron chi connectivity index (χ0n) is 19.6. The van der Waals surface area contributed by atoms with Gasteiger partial charge in [0.15, 0.2) is 15.0 Å². The molecule has 182 valence electrons. The van der Waals surface area contributed by atoms with Crippen molar-refractivity contribution in [3.63, 3.8) is 0 Å². The van der Waals surface area contributed by atoms with Crippen LogP contribution in [0, 0.1) is 0 Å². The molecule has 1 aliphatic heterocycles. The molecule has 0 saturated carbocycles. The Bertz CT molecular complexity index is 1250. The highest BCUT2D eigenvalue weighted by atomic mass is 32.2. The second kappa shape index (κ2) is 10.7. The second-order valence-electron chi connectivity index (χ2n) is 8.47. The summed E-state index contributed by atoms with van der Waals surface area (Å²) in [4.78, 5) is 23.5. The van der Waals surface area contributed by atoms with E-state index >= 15 is 0 Å². The SMILES string of the molecule is CC(C)Sc1ccc(C(=O)N(CCN2CCOCC2)c2nc3c(S(C)(=O)=O)cccc3s2)cc1. The van der Waals surface area contributed by atoms with Crippen molar-refractivity contribution >= 4 is 54.2 Å². The third-order valence-corrected chi connectivity index (χ3v) is 8.65. The number of carbonyl (C=O) groups excluding carboxylic acids is 1. The van der Waals surface area contributed by atoms with Gasteiger partial charge in [0, 0.05) is 48.1 Å². The highest BCUT2D eigenvalue weighted by molar-refractivity contribution is 7.99. The predicted octanol–water partition coefficient (Wildman–Crippen LogP) is 4.18. The third-order valence-electron chi connectivity index (χ3n) is 5.46. The number of aromatic nitrogens is 1. The van der Waals surface area contributed by atoms with Gasteiger partial charge in [-0.1, -0.05) is 31.3 Å². The summed E-state index contributed by atoms with van der Waals surface area (Å²) in [5.74, 6) is -0.144. The molecule has 0 unspecified atom stereocenters. The van der Waals surface area contributed by atoms with Crippen molar-refractivity contribution in [1.29, 1.82) is 0 Å². The molecular weight excluding hydrogens is 490 g/mol. The van der Waals surface area contributed by atoms with E-state index in [9.17, 15) is 13.2 Å². The van der Waals surface area contributed by atoms with Crippen molar-refractivity contribution in [2.75, 3.05) is 50.5 Å². The van der Waals surface area contributed by atoms with Crippen LogP contribution in [0.5, 0.6) is 0 Å². The highest BCUT2D eigenvalue weighted by Gasteiger charge is 2.24. The predicted molar refractivity (Wildman–Crippen MR) is 139 cm³/mol. The number of rotatable bonds is 8. The molecule has 1 fully saturated rings. The number of benzene rings is 2. The van der Waals surface area contributed by atoms with Gasteiger partial charge in [-0.3, -0.25) is 14.6 Å². The Balaban J connectivity index is 1.67. The summed E-state index contributed by atoms with van der Waals surface area (Å²) in [7, 11) is -3.44. The number of sulfone groups is 1. The lowest BCUT2D eigenvalue weighted by Gasteiger charge is -2.29. The van der Waals surface area contributed by atoms with Crippen LogP contribution < -0.4 is 4.90 Å². The van der Waals surface area contributed by atoms with Gasteiger partial charge in [-0.15, -0.1) is 11.8 Å². The molecule has 1 saturated heterocycles. The maximum Gasteiger partial charge on any atom is 0.260 e. The second-order valence-corrected chi connectivity index (χ2v) is 13.1. The molecule has 0 atom stereocenters. The first kappa shape index (κ1) is 25.1. The first-order valence-electron chi connectivity index (χ1n) is 11.2. The zero-order chi connectivity index (χ0) is 24.3. The van der Waals surface area contributed by atoms with Crippen LogP contribution in [-0.4, -0.2) is 75.1 Å². The van der Waals surface area contributed by atoms with E-state index in [-0.39, 0.29) is 10.8 Å². The van der Waals surface area contributed by atoms with Crippen LogP contribution in [0.2, 0.25) is 0 Å². The maximum absolute atomic E-state index is 13.6. The summed E-state index contributed by atoms with van der Waals surface area (Å²) in [6, 6.07) is 12.8. The number of fused-ring (bicyclic) bond motifs is 1. The van der Waals surface area contributed by atoms with Crippen molar-refractivity contribution in [3.8, 4) is 0 Å². The fraction of sp³-hybridized carbons (Fsp3) is 0.417. The van der Waals surface area contributed by atoms with Crippen molar-refractivity contribution in [1.82, 2.24) is 9.88 Å². The molecular formula is C24H29N3O4S3. The molecule has 34 heavy (non-hydrogen) atoms. The van der Waals surface area contributed by atoms with Gasteiger partial charge in [0.25, 0.3) is 5.91 Å². The standard InChI is InChI=1S/C24H29N3O4S3/c1-17(2)32-19-9-7-18(8-10-19)23(28)27(12-11-26-13-15-31-16-14-26)24-25-22-20(33-24)5-4-6-21(22)34(3,29)30/h4-10,17H,11-16H2,1-3H3. The molecule has 2 aromatic carbocycles. The minimum atomic E-state index is -3.44. The normalized spacial score (nSPS) is 15.2. The molecule has 10 heteroatoms. The Hall–Kier alpha value is -1.98. The lowest BCUT2D eigenvalue weighted by atomic mass is 10.2. The summed E-state index contributed by atoms with van der Waals surface area (Å²) in [6.07, 6.45) is 1.18. The fourth-order valence-electron chi connectivity index (χ4n) is 3.78. The summed E-state index contributed by atoms with van der Waals surface area (Å²) < 4.78 is 30.8. The van der Waals surface area contributed by atoms with E-state index in [0.717, 1.165) is 22.7 Å². The summed E-state index contributed by atoms with van der Waals surface area (Å²) in [5, 5.41) is 0.961. The van der Waals surface area contributed by atoms with Crippen molar-refractivity contribution in [3.05, 3.63) is 48.0 Å². The number of hydrogen-bond donors (Lipinski definition) is 0. The lowest BCUT2D eigenvalue weighted by molar-refractivity contribution is 0.0391. The zero-order valence-corrected chi connectivity index (χ0v) is 22.0. The summed E-state index contributed by atoms with van der Waals surface area (Å²) in [5.41, 5.74) is 0.996. The van der Waals surface area contributed by atoms with E-state index in [1.165, 1.54) is 17.6 Å². The molecule has 7 nitrogen and oxygen atoms in total. The number of anilines is 1. The van der Waals surface area contributed by atoms with Crippen molar-refractivity contribution < 1.29 is 17.9 Å². The van der Waals surface area contributed by atoms with Crippen molar-refractivity contribution in [2.24, 2.45) is 0 Å². The fourth-order valence-corrected chi connectivity index (χ4v) is 6.53. The first-order chi connectivity index (χ1) is 16.2. The van der Waals surface area contributed by atoms with Gasteiger partial charge in [-0.05, 0) is 36.4 Å².